The summed E-state index contributed by atoms with van der Waals surface area (Å²) in [6.45, 7) is 33.5. The summed E-state index contributed by atoms with van der Waals surface area (Å²) in [6.07, 6.45) is 5.71. The molecule has 4 aliphatic heterocycles. The van der Waals surface area contributed by atoms with E-state index in [1.54, 1.807) is 0 Å². The second-order valence-electron chi connectivity index (χ2n) is 25.9. The molecule has 0 radical (unpaired) electrons. The molecule has 4 aliphatic rings. The van der Waals surface area contributed by atoms with Gasteiger partial charge < -0.3 is 57.2 Å². The fraction of sp³-hybridized carbons (Fsp3) is 0.316. The SMILES string of the molecule is CC(=O)Oc1c(OC(C)=O)c2c3c(c(-c4c(C)cc5c(C(C)C)c(OC(C)=O)c(OC(C)=O)c6c5c4ON=C6)c(C)cc3c1C(C)C)ON=C2.CC(=O)Oc1c(OC(C)=O)c2c3c(c(-c4c(C)cc5c(C(C)C)c(OC(C)=O)c(OC(C)=O)c6c5c4ON=C6)c(C)cc3c1C(C)C)ON=C2. The molecule has 0 atom stereocenters. The van der Waals surface area contributed by atoms with Gasteiger partial charge >= 0.3 is 47.8 Å². The van der Waals surface area contributed by atoms with Gasteiger partial charge in [-0.3, -0.25) is 38.4 Å². The molecule has 0 saturated heterocycles. The summed E-state index contributed by atoms with van der Waals surface area (Å²) in [4.78, 5) is 123. The third-order valence-electron chi connectivity index (χ3n) is 17.0. The Kier molecular flexibility index (Phi) is 18.6. The van der Waals surface area contributed by atoms with Gasteiger partial charge in [0.2, 0.25) is 0 Å². The van der Waals surface area contributed by atoms with Crippen molar-refractivity contribution in [1.82, 2.24) is 0 Å². The topological polar surface area (TPSA) is 297 Å². The summed E-state index contributed by atoms with van der Waals surface area (Å²) in [5, 5.41) is 22.1. The first kappa shape index (κ1) is 69.8. The largest absolute Gasteiger partial charge is 0.422 e. The Morgan fingerprint density at radius 2 is 0.440 bits per heavy atom. The Morgan fingerprint density at radius 1 is 0.280 bits per heavy atom. The first-order valence-electron chi connectivity index (χ1n) is 32.2. The molecule has 8 aromatic carbocycles. The van der Waals surface area contributed by atoms with Gasteiger partial charge in [-0.25, -0.2) is 0 Å². The predicted octanol–water partition coefficient (Wildman–Crippen LogP) is 15.4. The van der Waals surface area contributed by atoms with Crippen LogP contribution in [0.25, 0.3) is 65.3 Å². The van der Waals surface area contributed by atoms with E-state index >= 15 is 0 Å². The molecule has 0 aliphatic carbocycles. The molecule has 0 saturated carbocycles. The summed E-state index contributed by atoms with van der Waals surface area (Å²) in [5.74, 6) is -3.20. The van der Waals surface area contributed by atoms with Gasteiger partial charge in [0.1, 0.15) is 0 Å². The highest BCUT2D eigenvalue weighted by Crippen LogP contribution is 2.60. The zero-order chi connectivity index (χ0) is 72.7. The van der Waals surface area contributed by atoms with Crippen LogP contribution < -0.4 is 57.2 Å². The molecule has 0 spiro atoms. The third kappa shape index (κ3) is 12.1. The highest BCUT2D eigenvalue weighted by molar-refractivity contribution is 6.19. The summed E-state index contributed by atoms with van der Waals surface area (Å²) in [5.41, 5.74) is 9.77. The van der Waals surface area contributed by atoms with Crippen LogP contribution in [0.15, 0.2) is 44.9 Å². The Labute approximate surface area is 574 Å². The molecule has 0 amide bonds. The van der Waals surface area contributed by atoms with Gasteiger partial charge in [0.25, 0.3) is 0 Å². The number of carbonyl (C=O) groups is 8. The van der Waals surface area contributed by atoms with E-state index in [0.29, 0.717) is 111 Å². The fourth-order valence-corrected chi connectivity index (χ4v) is 13.9. The lowest BCUT2D eigenvalue weighted by molar-refractivity contribution is -0.134. The van der Waals surface area contributed by atoms with Gasteiger partial charge in [0.15, 0.2) is 69.0 Å². The molecule has 0 aromatic heterocycles. The van der Waals surface area contributed by atoms with Crippen LogP contribution in [-0.2, 0) is 38.4 Å². The van der Waals surface area contributed by atoms with Crippen molar-refractivity contribution in [2.24, 2.45) is 20.6 Å². The summed E-state index contributed by atoms with van der Waals surface area (Å²) in [6, 6.07) is 7.88. The molecule has 8 aromatic rings. The lowest BCUT2D eigenvalue weighted by Crippen LogP contribution is -2.15. The molecule has 516 valence electrons. The molecule has 24 nitrogen and oxygen atoms in total. The highest BCUT2D eigenvalue weighted by atomic mass is 16.6. The molecular weight excluding hydrogens is 1290 g/mol. The van der Waals surface area contributed by atoms with Crippen molar-refractivity contribution in [3.05, 3.63) is 91.0 Å². The first-order valence-corrected chi connectivity index (χ1v) is 32.2. The van der Waals surface area contributed by atoms with Crippen molar-refractivity contribution >= 4 is 116 Å². The zero-order valence-corrected chi connectivity index (χ0v) is 58.9. The number of carbonyl (C=O) groups excluding carboxylic acids is 8. The maximum Gasteiger partial charge on any atom is 0.308 e. The molecule has 24 heteroatoms. The Hall–Kier alpha value is -11.6. The minimum absolute atomic E-state index is 0.0531. The number of rotatable bonds is 14. The molecule has 100 heavy (non-hydrogen) atoms. The maximum absolute atomic E-state index is 12.4. The van der Waals surface area contributed by atoms with Crippen molar-refractivity contribution in [3.63, 3.8) is 0 Å². The maximum atomic E-state index is 12.4. The van der Waals surface area contributed by atoms with Crippen LogP contribution in [0.5, 0.6) is 69.0 Å². The van der Waals surface area contributed by atoms with E-state index < -0.39 is 47.8 Å². The summed E-state index contributed by atoms with van der Waals surface area (Å²) in [7, 11) is 0. The quantitative estimate of drug-likeness (QED) is 0.0721. The van der Waals surface area contributed by atoms with Crippen LogP contribution in [0.2, 0.25) is 0 Å². The van der Waals surface area contributed by atoms with Crippen LogP contribution in [-0.4, -0.2) is 72.6 Å². The van der Waals surface area contributed by atoms with E-state index in [9.17, 15) is 38.4 Å². The van der Waals surface area contributed by atoms with E-state index in [0.717, 1.165) is 43.8 Å². The Morgan fingerprint density at radius 3 is 0.590 bits per heavy atom. The normalized spacial score (nSPS) is 12.6. The van der Waals surface area contributed by atoms with E-state index in [-0.39, 0.29) is 69.7 Å². The van der Waals surface area contributed by atoms with E-state index in [1.165, 1.54) is 80.2 Å². The van der Waals surface area contributed by atoms with Gasteiger partial charge in [-0.15, -0.1) is 0 Å². The third-order valence-corrected chi connectivity index (χ3v) is 17.0. The van der Waals surface area contributed by atoms with Gasteiger partial charge in [0, 0.05) is 121 Å². The van der Waals surface area contributed by atoms with Crippen LogP contribution in [0.3, 0.4) is 0 Å². The molecule has 12 rings (SSSR count). The molecule has 4 heterocycles. The summed E-state index contributed by atoms with van der Waals surface area (Å²) < 4.78 is 45.7. The minimum Gasteiger partial charge on any atom is -0.422 e. The van der Waals surface area contributed by atoms with Crippen molar-refractivity contribution in [3.8, 4) is 91.2 Å². The molecular formula is C76H72N4O20. The van der Waals surface area contributed by atoms with Crippen molar-refractivity contribution in [1.29, 1.82) is 0 Å². The number of esters is 8. The van der Waals surface area contributed by atoms with Gasteiger partial charge in [0.05, 0.1) is 47.1 Å². The number of oxime groups is 4. The summed E-state index contributed by atoms with van der Waals surface area (Å²) >= 11 is 0. The number of benzene rings is 8. The van der Waals surface area contributed by atoms with Crippen LogP contribution in [0, 0.1) is 27.7 Å². The van der Waals surface area contributed by atoms with Crippen LogP contribution in [0.1, 0.15) is 201 Å². The highest BCUT2D eigenvalue weighted by Gasteiger charge is 2.39. The standard InChI is InChI=1S/2C38H36N2O10/c2*1-15(2)27-23-11-17(5)29(35-31(23)25(13-39-49-35)33(45-19(7)41)37(27)47-21(9)43)30-18(6)12-24-28(16(3)4)38(48-22(10)44)34(46-20(8)42)26-14-40-50-36(30)32(24)26/h2*11-16H,1-10H3. The minimum atomic E-state index is -0.608. The van der Waals surface area contributed by atoms with Gasteiger partial charge in [-0.05, 0) is 95.2 Å². The first-order chi connectivity index (χ1) is 47.2. The van der Waals surface area contributed by atoms with Crippen molar-refractivity contribution < 1.29 is 95.6 Å². The zero-order valence-electron chi connectivity index (χ0n) is 58.9. The van der Waals surface area contributed by atoms with Crippen LogP contribution >= 0.6 is 0 Å². The molecule has 0 fully saturated rings. The van der Waals surface area contributed by atoms with Crippen molar-refractivity contribution in [2.75, 3.05) is 0 Å². The molecule has 0 N–H and O–H groups in total. The fourth-order valence-electron chi connectivity index (χ4n) is 13.9. The molecule has 0 bridgehead atoms. The average Bonchev–Trinajstić information content (AvgIpc) is 0.714. The van der Waals surface area contributed by atoms with Gasteiger partial charge in [-0.1, -0.05) is 100 Å². The Balaban J connectivity index is 0.000000202. The number of hydrogen-bond donors (Lipinski definition) is 0. The van der Waals surface area contributed by atoms with Crippen LogP contribution in [0.4, 0.5) is 0 Å². The number of nitrogens with zero attached hydrogens (tertiary/aromatic N) is 4. The molecule has 0 unspecified atom stereocenters. The van der Waals surface area contributed by atoms with E-state index in [1.807, 2.05) is 107 Å². The smallest absolute Gasteiger partial charge is 0.308 e. The number of aryl methyl sites for hydroxylation is 4. The number of hydrogen-bond acceptors (Lipinski definition) is 24. The monoisotopic (exact) mass is 1360 g/mol. The number of ether oxygens (including phenoxy) is 8. The second-order valence-corrected chi connectivity index (χ2v) is 25.9. The predicted molar refractivity (Wildman–Crippen MR) is 372 cm³/mol. The van der Waals surface area contributed by atoms with Gasteiger partial charge in [-0.2, -0.15) is 0 Å². The van der Waals surface area contributed by atoms with E-state index in [2.05, 4.69) is 20.6 Å². The Bertz CT molecular complexity index is 4530. The average molecular weight is 1360 g/mol. The van der Waals surface area contributed by atoms with Crippen molar-refractivity contribution in [2.45, 2.75) is 162 Å². The lowest BCUT2D eigenvalue weighted by atomic mass is 9.83. The lowest BCUT2D eigenvalue weighted by Gasteiger charge is -2.28. The second kappa shape index (κ2) is 26.7. The van der Waals surface area contributed by atoms with E-state index in [4.69, 9.17) is 57.2 Å².